The van der Waals surface area contributed by atoms with Crippen molar-refractivity contribution in [3.8, 4) is 27.9 Å². The van der Waals surface area contributed by atoms with E-state index in [0.29, 0.717) is 0 Å². The van der Waals surface area contributed by atoms with Crippen LogP contribution in [-0.4, -0.2) is 4.57 Å². The van der Waals surface area contributed by atoms with Crippen LogP contribution in [0.5, 0.6) is 0 Å². The largest absolute Gasteiger partial charge is 0.456 e. The van der Waals surface area contributed by atoms with E-state index in [0.717, 1.165) is 27.5 Å². The van der Waals surface area contributed by atoms with Crippen LogP contribution in [0.2, 0.25) is 0 Å². The van der Waals surface area contributed by atoms with E-state index in [2.05, 4.69) is 156 Å². The maximum Gasteiger partial charge on any atom is 0.136 e. The highest BCUT2D eigenvalue weighted by Gasteiger charge is 2.19. The minimum atomic E-state index is 0.914. The number of hydrogen-bond acceptors (Lipinski definition) is 2. The van der Waals surface area contributed by atoms with Gasteiger partial charge in [-0.3, -0.25) is 0 Å². The lowest BCUT2D eigenvalue weighted by atomic mass is 9.93. The third kappa shape index (κ3) is 3.68. The number of nitrogens with zero attached hydrogens (tertiary/aromatic N) is 1. The average Bonchev–Trinajstić information content (AvgIpc) is 3.75. The van der Waals surface area contributed by atoms with E-state index in [9.17, 15) is 0 Å². The van der Waals surface area contributed by atoms with Gasteiger partial charge in [0, 0.05) is 31.9 Å². The number of benzene rings is 7. The predicted octanol–water partition coefficient (Wildman–Crippen LogP) is 12.4. The quantitative estimate of drug-likeness (QED) is 0.200. The molecule has 2 nitrogen and oxygen atoms in total. The molecule has 3 aromatic heterocycles. The number of hydrogen-bond donors (Lipinski definition) is 0. The average molecular weight is 592 g/mol. The summed E-state index contributed by atoms with van der Waals surface area (Å²) in [5, 5.41) is 7.31. The molecule has 3 heterocycles. The maximum atomic E-state index is 6.43. The summed E-state index contributed by atoms with van der Waals surface area (Å²) < 4.78 is 11.5. The van der Waals surface area contributed by atoms with Crippen LogP contribution in [0.4, 0.5) is 0 Å². The second kappa shape index (κ2) is 9.43. The molecule has 10 rings (SSSR count). The minimum absolute atomic E-state index is 0.914. The van der Waals surface area contributed by atoms with Crippen molar-refractivity contribution in [3.05, 3.63) is 152 Å². The smallest absolute Gasteiger partial charge is 0.136 e. The molecule has 0 amide bonds. The van der Waals surface area contributed by atoms with Crippen LogP contribution in [0.3, 0.4) is 0 Å². The summed E-state index contributed by atoms with van der Waals surface area (Å²) in [7, 11) is 0. The summed E-state index contributed by atoms with van der Waals surface area (Å²) >= 11 is 1.89. The van der Waals surface area contributed by atoms with Gasteiger partial charge < -0.3 is 8.98 Å². The number of para-hydroxylation sites is 2. The summed E-state index contributed by atoms with van der Waals surface area (Å²) in [6.07, 6.45) is 0. The van der Waals surface area contributed by atoms with Crippen LogP contribution in [0.15, 0.2) is 156 Å². The molecule has 0 radical (unpaired) electrons. The van der Waals surface area contributed by atoms with E-state index >= 15 is 0 Å². The molecular weight excluding hydrogens is 567 g/mol. The Kier molecular flexibility index (Phi) is 5.19. The molecule has 0 saturated heterocycles. The van der Waals surface area contributed by atoms with Crippen molar-refractivity contribution in [1.29, 1.82) is 0 Å². The zero-order valence-corrected chi connectivity index (χ0v) is 25.0. The molecule has 210 valence electrons. The summed E-state index contributed by atoms with van der Waals surface area (Å²) in [5.74, 6) is 0. The van der Waals surface area contributed by atoms with Crippen molar-refractivity contribution in [3.63, 3.8) is 0 Å². The second-order valence-electron chi connectivity index (χ2n) is 11.7. The fourth-order valence-corrected chi connectivity index (χ4v) is 8.36. The van der Waals surface area contributed by atoms with Crippen molar-refractivity contribution in [1.82, 2.24) is 4.57 Å². The molecule has 0 atom stereocenters. The first kappa shape index (κ1) is 24.8. The molecule has 3 heteroatoms. The molecule has 0 aliphatic heterocycles. The number of fused-ring (bicyclic) bond motifs is 9. The Hall–Kier alpha value is -5.64. The van der Waals surface area contributed by atoms with Crippen LogP contribution in [-0.2, 0) is 0 Å². The zero-order chi connectivity index (χ0) is 29.5. The van der Waals surface area contributed by atoms with Gasteiger partial charge in [-0.25, -0.2) is 0 Å². The molecule has 0 spiro atoms. The Morgan fingerprint density at radius 1 is 0.467 bits per heavy atom. The third-order valence-electron chi connectivity index (χ3n) is 9.18. The summed E-state index contributed by atoms with van der Waals surface area (Å²) in [5.41, 5.74) is 10.3. The SMILES string of the molecule is c1ccc(-n2c3ccccc3c3sc4cc(-c5ccccc5-c5ccc6c(c5)oc5cc7ccccc7cc56)ccc4c32)cc1. The fraction of sp³-hybridized carbons (Fsp3) is 0. The van der Waals surface area contributed by atoms with Gasteiger partial charge in [0.25, 0.3) is 0 Å². The van der Waals surface area contributed by atoms with Crippen LogP contribution >= 0.6 is 11.3 Å². The van der Waals surface area contributed by atoms with Gasteiger partial charge in [0.1, 0.15) is 11.2 Å². The normalized spacial score (nSPS) is 12.0. The summed E-state index contributed by atoms with van der Waals surface area (Å²) in [6, 6.07) is 54.6. The Balaban J connectivity index is 1.14. The molecule has 0 fully saturated rings. The van der Waals surface area contributed by atoms with Gasteiger partial charge in [0.15, 0.2) is 0 Å². The van der Waals surface area contributed by atoms with Crippen LogP contribution in [0, 0.1) is 0 Å². The topological polar surface area (TPSA) is 18.1 Å². The molecular formula is C42H25NOS. The standard InChI is InChI=1S/C42H25NOS/c1-2-12-30(13-3-1)43-37-17-9-8-16-34(37)42-41(43)35-21-19-29(25-40(35)45-42)32-15-7-6-14-31(32)28-18-20-33-36-22-26-10-4-5-11-27(26)23-39(36)44-38(33)24-28/h1-25H. The summed E-state index contributed by atoms with van der Waals surface area (Å²) in [4.78, 5) is 0. The van der Waals surface area contributed by atoms with Gasteiger partial charge in [-0.2, -0.15) is 0 Å². The molecule has 0 N–H and O–H groups in total. The number of aromatic nitrogens is 1. The molecule has 7 aromatic carbocycles. The molecule has 0 aliphatic rings. The van der Waals surface area contributed by atoms with Gasteiger partial charge in [0.2, 0.25) is 0 Å². The predicted molar refractivity (Wildman–Crippen MR) is 192 cm³/mol. The van der Waals surface area contributed by atoms with Gasteiger partial charge in [-0.05, 0) is 81.6 Å². The first-order valence-corrected chi connectivity index (χ1v) is 16.1. The monoisotopic (exact) mass is 591 g/mol. The summed E-state index contributed by atoms with van der Waals surface area (Å²) in [6.45, 7) is 0. The number of rotatable bonds is 3. The van der Waals surface area contributed by atoms with Crippen molar-refractivity contribution >= 4 is 75.3 Å². The van der Waals surface area contributed by atoms with E-state index in [1.165, 1.54) is 64.4 Å². The lowest BCUT2D eigenvalue weighted by Gasteiger charge is -2.11. The Morgan fingerprint density at radius 2 is 1.11 bits per heavy atom. The first-order chi connectivity index (χ1) is 22.3. The van der Waals surface area contributed by atoms with Crippen LogP contribution in [0.25, 0.3) is 91.9 Å². The van der Waals surface area contributed by atoms with E-state index < -0.39 is 0 Å². The Bertz CT molecular complexity index is 2760. The molecule has 45 heavy (non-hydrogen) atoms. The van der Waals surface area contributed by atoms with Crippen LogP contribution < -0.4 is 0 Å². The van der Waals surface area contributed by atoms with Gasteiger partial charge in [0.05, 0.1) is 15.7 Å². The van der Waals surface area contributed by atoms with Gasteiger partial charge in [-0.15, -0.1) is 11.3 Å². The van der Waals surface area contributed by atoms with E-state index in [-0.39, 0.29) is 0 Å². The molecule has 0 bridgehead atoms. The minimum Gasteiger partial charge on any atom is -0.456 e. The molecule has 10 aromatic rings. The number of furan rings is 1. The van der Waals surface area contributed by atoms with Crippen molar-refractivity contribution < 1.29 is 4.42 Å². The van der Waals surface area contributed by atoms with Crippen molar-refractivity contribution in [2.24, 2.45) is 0 Å². The second-order valence-corrected chi connectivity index (χ2v) is 12.8. The lowest BCUT2D eigenvalue weighted by Crippen LogP contribution is -1.92. The van der Waals surface area contributed by atoms with Gasteiger partial charge >= 0.3 is 0 Å². The van der Waals surface area contributed by atoms with Crippen LogP contribution in [0.1, 0.15) is 0 Å². The third-order valence-corrected chi connectivity index (χ3v) is 10.4. The molecule has 0 saturated carbocycles. The molecule has 0 aliphatic carbocycles. The van der Waals surface area contributed by atoms with Gasteiger partial charge in [-0.1, -0.05) is 103 Å². The van der Waals surface area contributed by atoms with E-state index in [4.69, 9.17) is 4.42 Å². The Labute approximate surface area is 263 Å². The highest BCUT2D eigenvalue weighted by atomic mass is 32.1. The maximum absolute atomic E-state index is 6.43. The first-order valence-electron chi connectivity index (χ1n) is 15.3. The van der Waals surface area contributed by atoms with E-state index in [1.807, 2.05) is 11.3 Å². The zero-order valence-electron chi connectivity index (χ0n) is 24.2. The van der Waals surface area contributed by atoms with Crippen molar-refractivity contribution in [2.45, 2.75) is 0 Å². The van der Waals surface area contributed by atoms with E-state index in [1.54, 1.807) is 0 Å². The highest BCUT2D eigenvalue weighted by Crippen LogP contribution is 2.44. The number of thiophene rings is 1. The highest BCUT2D eigenvalue weighted by molar-refractivity contribution is 7.26. The lowest BCUT2D eigenvalue weighted by molar-refractivity contribution is 0.669. The fourth-order valence-electron chi connectivity index (χ4n) is 7.10. The van der Waals surface area contributed by atoms with Crippen molar-refractivity contribution in [2.75, 3.05) is 0 Å². The molecule has 0 unspecified atom stereocenters. The Morgan fingerprint density at radius 3 is 1.93 bits per heavy atom.